The minimum Gasteiger partial charge on any atom is -0.466 e. The number of halogens is 2. The monoisotopic (exact) mass is 300 g/mol. The van der Waals surface area contributed by atoms with E-state index in [-0.39, 0.29) is 17.7 Å². The van der Waals surface area contributed by atoms with Gasteiger partial charge in [-0.3, -0.25) is 4.79 Å². The van der Waals surface area contributed by atoms with E-state index in [4.69, 9.17) is 16.3 Å². The van der Waals surface area contributed by atoms with Gasteiger partial charge in [-0.05, 0) is 31.9 Å². The summed E-state index contributed by atoms with van der Waals surface area (Å²) in [5.41, 5.74) is 0.536. The van der Waals surface area contributed by atoms with Crippen LogP contribution in [0.4, 0.5) is 4.39 Å². The Labute approximate surface area is 123 Å². The largest absolute Gasteiger partial charge is 0.466 e. The first kappa shape index (κ1) is 15.3. The van der Waals surface area contributed by atoms with Gasteiger partial charge in [0.1, 0.15) is 18.3 Å². The summed E-state index contributed by atoms with van der Waals surface area (Å²) in [5, 5.41) is 0.454. The normalized spacial score (nSPS) is 22.6. The van der Waals surface area contributed by atoms with Gasteiger partial charge in [-0.25, -0.2) is 4.39 Å². The van der Waals surface area contributed by atoms with Crippen LogP contribution in [-0.4, -0.2) is 25.7 Å². The number of nitrogens with one attached hydrogen (secondary N) is 1. The highest BCUT2D eigenvalue weighted by Gasteiger charge is 2.30. The number of ether oxygens (including phenoxy) is 1. The first-order valence-corrected chi connectivity index (χ1v) is 7.42. The van der Waals surface area contributed by atoms with Crippen molar-refractivity contribution in [2.45, 2.75) is 26.3 Å². The fourth-order valence-corrected chi connectivity index (χ4v) is 2.95. The molecule has 0 aliphatic carbocycles. The highest BCUT2D eigenvalue weighted by Crippen LogP contribution is 2.18. The first-order valence-electron chi connectivity index (χ1n) is 7.05. The van der Waals surface area contributed by atoms with Gasteiger partial charge in [-0.15, -0.1) is 0 Å². The van der Waals surface area contributed by atoms with Crippen LogP contribution in [-0.2, 0) is 16.1 Å². The van der Waals surface area contributed by atoms with Crippen molar-refractivity contribution in [2.75, 3.05) is 19.7 Å². The molecule has 1 aromatic carbocycles. The predicted octanol–water partition coefficient (Wildman–Crippen LogP) is 1.84. The minimum atomic E-state index is -0.275. The summed E-state index contributed by atoms with van der Waals surface area (Å²) in [7, 11) is 0. The lowest BCUT2D eigenvalue weighted by Crippen LogP contribution is -3.12. The molecule has 2 rings (SSSR count). The maximum Gasteiger partial charge on any atom is 0.314 e. The van der Waals surface area contributed by atoms with Gasteiger partial charge in [0.05, 0.1) is 30.3 Å². The van der Waals surface area contributed by atoms with E-state index >= 15 is 0 Å². The third-order valence-electron chi connectivity index (χ3n) is 3.73. The minimum absolute atomic E-state index is 0.0794. The average Bonchev–Trinajstić information content (AvgIpc) is 2.44. The van der Waals surface area contributed by atoms with Crippen LogP contribution in [0.3, 0.4) is 0 Å². The molecular formula is C15H20ClFNO2+. The zero-order valence-electron chi connectivity index (χ0n) is 11.6. The number of hydrogen-bond acceptors (Lipinski definition) is 2. The van der Waals surface area contributed by atoms with Crippen molar-refractivity contribution in [1.29, 1.82) is 0 Å². The fraction of sp³-hybridized carbons (Fsp3) is 0.533. The highest BCUT2D eigenvalue weighted by atomic mass is 35.5. The van der Waals surface area contributed by atoms with Gasteiger partial charge in [0.2, 0.25) is 0 Å². The van der Waals surface area contributed by atoms with E-state index in [9.17, 15) is 9.18 Å². The van der Waals surface area contributed by atoms with Gasteiger partial charge in [-0.1, -0.05) is 17.7 Å². The van der Waals surface area contributed by atoms with E-state index in [1.807, 2.05) is 6.92 Å². The van der Waals surface area contributed by atoms with E-state index in [0.29, 0.717) is 30.3 Å². The summed E-state index contributed by atoms with van der Waals surface area (Å²) in [6.07, 6.45) is 1.80. The van der Waals surface area contributed by atoms with Crippen LogP contribution in [0.1, 0.15) is 25.3 Å². The number of carbonyl (C=O) groups excluding carboxylic acids is 1. The van der Waals surface area contributed by atoms with Gasteiger partial charge >= 0.3 is 5.97 Å². The second kappa shape index (κ2) is 7.04. The summed E-state index contributed by atoms with van der Waals surface area (Å²) in [4.78, 5) is 13.0. The Morgan fingerprint density at radius 3 is 3.05 bits per heavy atom. The molecule has 2 atom stereocenters. The number of carbonyl (C=O) groups is 1. The van der Waals surface area contributed by atoms with Crippen LogP contribution in [0.25, 0.3) is 0 Å². The fourth-order valence-electron chi connectivity index (χ4n) is 2.72. The van der Waals surface area contributed by atoms with Gasteiger partial charge in [0.15, 0.2) is 0 Å². The summed E-state index contributed by atoms with van der Waals surface area (Å²) in [6, 6.07) is 4.73. The van der Waals surface area contributed by atoms with Gasteiger partial charge < -0.3 is 9.64 Å². The number of quaternary nitrogens is 1. The van der Waals surface area contributed by atoms with Crippen LogP contribution in [0.2, 0.25) is 5.02 Å². The summed E-state index contributed by atoms with van der Waals surface area (Å²) in [5.74, 6) is -0.489. The van der Waals surface area contributed by atoms with Crippen molar-refractivity contribution in [3.63, 3.8) is 0 Å². The lowest BCUT2D eigenvalue weighted by atomic mass is 9.97. The number of esters is 1. The third kappa shape index (κ3) is 3.70. The maximum atomic E-state index is 13.8. The molecule has 3 nitrogen and oxygen atoms in total. The molecule has 0 bridgehead atoms. The first-order chi connectivity index (χ1) is 9.61. The van der Waals surface area contributed by atoms with Crippen LogP contribution in [0.15, 0.2) is 18.2 Å². The van der Waals surface area contributed by atoms with Crippen molar-refractivity contribution in [3.8, 4) is 0 Å². The molecule has 1 unspecified atom stereocenters. The molecule has 1 heterocycles. The van der Waals surface area contributed by atoms with E-state index < -0.39 is 0 Å². The Morgan fingerprint density at radius 2 is 2.35 bits per heavy atom. The predicted molar refractivity (Wildman–Crippen MR) is 75.2 cm³/mol. The Hall–Kier alpha value is -1.13. The zero-order chi connectivity index (χ0) is 14.5. The quantitative estimate of drug-likeness (QED) is 0.860. The van der Waals surface area contributed by atoms with Crippen LogP contribution >= 0.6 is 11.6 Å². The van der Waals surface area contributed by atoms with Crippen molar-refractivity contribution in [2.24, 2.45) is 5.92 Å². The topological polar surface area (TPSA) is 30.7 Å². The van der Waals surface area contributed by atoms with E-state index in [0.717, 1.165) is 19.4 Å². The second-order valence-electron chi connectivity index (χ2n) is 5.17. The summed E-state index contributed by atoms with van der Waals surface area (Å²) in [6.45, 7) is 4.35. The van der Waals surface area contributed by atoms with Gasteiger partial charge in [0, 0.05) is 0 Å². The number of benzene rings is 1. The molecule has 5 heteroatoms. The number of hydrogen-bond donors (Lipinski definition) is 1. The SMILES string of the molecule is CCOC(=O)[C@@H]1CCC[NH+](Cc2c(F)cccc2Cl)C1. The average molecular weight is 301 g/mol. The van der Waals surface area contributed by atoms with Crippen molar-refractivity contribution >= 4 is 17.6 Å². The number of rotatable bonds is 4. The molecule has 0 amide bonds. The second-order valence-corrected chi connectivity index (χ2v) is 5.58. The van der Waals surface area contributed by atoms with Crippen LogP contribution < -0.4 is 4.90 Å². The summed E-state index contributed by atoms with van der Waals surface area (Å²) >= 11 is 6.05. The Balaban J connectivity index is 2.01. The maximum absolute atomic E-state index is 13.8. The molecule has 20 heavy (non-hydrogen) atoms. The van der Waals surface area contributed by atoms with Crippen LogP contribution in [0.5, 0.6) is 0 Å². The molecule has 0 saturated carbocycles. The molecule has 0 spiro atoms. The highest BCUT2D eigenvalue weighted by molar-refractivity contribution is 6.31. The number of likely N-dealkylation sites (tertiary alicyclic amines) is 1. The van der Waals surface area contributed by atoms with Gasteiger partial charge in [-0.2, -0.15) is 0 Å². The van der Waals surface area contributed by atoms with Crippen LogP contribution in [0, 0.1) is 11.7 Å². The van der Waals surface area contributed by atoms with Gasteiger partial charge in [0.25, 0.3) is 0 Å². The number of piperidine rings is 1. The lowest BCUT2D eigenvalue weighted by Gasteiger charge is -2.29. The molecule has 0 radical (unpaired) electrons. The molecule has 1 fully saturated rings. The summed E-state index contributed by atoms with van der Waals surface area (Å²) < 4.78 is 18.9. The lowest BCUT2D eigenvalue weighted by molar-refractivity contribution is -0.921. The molecule has 1 saturated heterocycles. The van der Waals surface area contributed by atoms with Crippen molar-refractivity contribution < 1.29 is 18.8 Å². The molecule has 1 N–H and O–H groups in total. The molecule has 1 aromatic rings. The van der Waals surface area contributed by atoms with Crippen molar-refractivity contribution in [1.82, 2.24) is 0 Å². The van der Waals surface area contributed by atoms with E-state index in [1.165, 1.54) is 11.0 Å². The molecule has 0 aromatic heterocycles. The Morgan fingerprint density at radius 1 is 1.55 bits per heavy atom. The Bertz CT molecular complexity index is 461. The molecular weight excluding hydrogens is 281 g/mol. The third-order valence-corrected chi connectivity index (χ3v) is 4.08. The zero-order valence-corrected chi connectivity index (χ0v) is 12.4. The van der Waals surface area contributed by atoms with E-state index in [1.54, 1.807) is 12.1 Å². The Kier molecular flexibility index (Phi) is 5.38. The molecule has 110 valence electrons. The van der Waals surface area contributed by atoms with E-state index in [2.05, 4.69) is 0 Å². The molecule has 1 aliphatic rings. The molecule has 1 aliphatic heterocycles. The van der Waals surface area contributed by atoms with Crippen molar-refractivity contribution in [3.05, 3.63) is 34.6 Å². The smallest absolute Gasteiger partial charge is 0.314 e. The standard InChI is InChI=1S/C15H19ClFNO2/c1-2-20-15(19)11-5-4-8-18(9-11)10-12-13(16)6-3-7-14(12)17/h3,6-7,11H,2,4-5,8-10H2,1H3/p+1/t11-/m1/s1.